The Labute approximate surface area is 115 Å². The summed E-state index contributed by atoms with van der Waals surface area (Å²) in [6, 6.07) is 6.84. The van der Waals surface area contributed by atoms with Crippen molar-refractivity contribution in [3.8, 4) is 0 Å². The zero-order valence-electron chi connectivity index (χ0n) is 12.0. The van der Waals surface area contributed by atoms with Crippen molar-refractivity contribution in [1.82, 2.24) is 10.6 Å². The van der Waals surface area contributed by atoms with Crippen LogP contribution < -0.4 is 10.6 Å². The molecular weight excluding hydrogens is 236 g/mol. The Morgan fingerprint density at radius 2 is 2.00 bits per heavy atom. The molecule has 0 bridgehead atoms. The molecular formula is C16H24N2O. The summed E-state index contributed by atoms with van der Waals surface area (Å²) in [5, 5.41) is 5.99. The first kappa shape index (κ1) is 13.9. The Kier molecular flexibility index (Phi) is 4.83. The fourth-order valence-corrected chi connectivity index (χ4v) is 2.74. The number of nitrogens with one attached hydrogen (secondary N) is 2. The third-order valence-corrected chi connectivity index (χ3v) is 3.87. The number of amides is 2. The van der Waals surface area contributed by atoms with E-state index < -0.39 is 0 Å². The molecule has 104 valence electrons. The van der Waals surface area contributed by atoms with Crippen LogP contribution in [0.25, 0.3) is 0 Å². The zero-order chi connectivity index (χ0) is 13.7. The molecule has 2 rings (SSSR count). The molecule has 19 heavy (non-hydrogen) atoms. The Bertz CT molecular complexity index is 436. The van der Waals surface area contributed by atoms with Crippen LogP contribution in [0, 0.1) is 13.8 Å². The first-order valence-electron chi connectivity index (χ1n) is 7.25. The van der Waals surface area contributed by atoms with Crippen molar-refractivity contribution >= 4 is 6.03 Å². The fraction of sp³-hybridized carbons (Fsp3) is 0.562. The highest BCUT2D eigenvalue weighted by Crippen LogP contribution is 2.17. The normalized spacial score (nSPS) is 15.5. The number of aryl methyl sites for hydroxylation is 2. The van der Waals surface area contributed by atoms with Crippen LogP contribution in [-0.2, 0) is 6.42 Å². The molecule has 1 aliphatic carbocycles. The quantitative estimate of drug-likeness (QED) is 0.858. The lowest BCUT2D eigenvalue weighted by Crippen LogP contribution is -2.41. The number of hydrogen-bond acceptors (Lipinski definition) is 1. The van der Waals surface area contributed by atoms with Crippen molar-refractivity contribution in [3.05, 3.63) is 34.9 Å². The fourth-order valence-electron chi connectivity index (χ4n) is 2.74. The molecule has 0 spiro atoms. The van der Waals surface area contributed by atoms with Crippen LogP contribution in [0.5, 0.6) is 0 Å². The highest BCUT2D eigenvalue weighted by molar-refractivity contribution is 5.74. The highest BCUT2D eigenvalue weighted by atomic mass is 16.2. The number of hydrogen-bond donors (Lipinski definition) is 2. The number of benzene rings is 1. The summed E-state index contributed by atoms with van der Waals surface area (Å²) in [4.78, 5) is 11.7. The van der Waals surface area contributed by atoms with Gasteiger partial charge in [0.1, 0.15) is 0 Å². The second-order valence-corrected chi connectivity index (χ2v) is 5.56. The van der Waals surface area contributed by atoms with Gasteiger partial charge < -0.3 is 10.6 Å². The minimum absolute atomic E-state index is 0.0170. The molecule has 1 aromatic rings. The van der Waals surface area contributed by atoms with Gasteiger partial charge in [-0.3, -0.25) is 0 Å². The molecule has 0 radical (unpaired) electrons. The molecule has 0 atom stereocenters. The van der Waals surface area contributed by atoms with Gasteiger partial charge in [-0.2, -0.15) is 0 Å². The SMILES string of the molecule is Cc1ccc(CCNC(=O)NC2CCCC2)c(C)c1. The van der Waals surface area contributed by atoms with E-state index in [9.17, 15) is 4.79 Å². The van der Waals surface area contributed by atoms with Crippen LogP contribution in [0.2, 0.25) is 0 Å². The summed E-state index contributed by atoms with van der Waals surface area (Å²) in [5.74, 6) is 0. The van der Waals surface area contributed by atoms with Crippen LogP contribution in [0.1, 0.15) is 42.4 Å². The molecule has 1 saturated carbocycles. The lowest BCUT2D eigenvalue weighted by atomic mass is 10.0. The maximum Gasteiger partial charge on any atom is 0.315 e. The van der Waals surface area contributed by atoms with Crippen LogP contribution in [0.4, 0.5) is 4.79 Å². The van der Waals surface area contributed by atoms with Gasteiger partial charge in [0.15, 0.2) is 0 Å². The van der Waals surface area contributed by atoms with Crippen molar-refractivity contribution < 1.29 is 4.79 Å². The van der Waals surface area contributed by atoms with Gasteiger partial charge in [-0.25, -0.2) is 4.79 Å². The van der Waals surface area contributed by atoms with Crippen LogP contribution in [0.15, 0.2) is 18.2 Å². The molecule has 2 N–H and O–H groups in total. The Morgan fingerprint density at radius 1 is 1.26 bits per heavy atom. The van der Waals surface area contributed by atoms with Crippen molar-refractivity contribution in [2.24, 2.45) is 0 Å². The first-order valence-corrected chi connectivity index (χ1v) is 7.25. The molecule has 3 heteroatoms. The van der Waals surface area contributed by atoms with Crippen molar-refractivity contribution in [2.75, 3.05) is 6.54 Å². The minimum Gasteiger partial charge on any atom is -0.338 e. The standard InChI is InChI=1S/C16H24N2O/c1-12-7-8-14(13(2)11-12)9-10-17-16(19)18-15-5-3-4-6-15/h7-8,11,15H,3-6,9-10H2,1-2H3,(H2,17,18,19). The van der Waals surface area contributed by atoms with Gasteiger partial charge in [0, 0.05) is 12.6 Å². The van der Waals surface area contributed by atoms with Crippen molar-refractivity contribution in [3.63, 3.8) is 0 Å². The van der Waals surface area contributed by atoms with E-state index in [1.807, 2.05) is 0 Å². The largest absolute Gasteiger partial charge is 0.338 e. The lowest BCUT2D eigenvalue weighted by Gasteiger charge is -2.13. The van der Waals surface area contributed by atoms with Crippen LogP contribution in [0.3, 0.4) is 0 Å². The molecule has 0 saturated heterocycles. The van der Waals surface area contributed by atoms with E-state index in [2.05, 4.69) is 42.7 Å². The monoisotopic (exact) mass is 260 g/mol. The van der Waals surface area contributed by atoms with Crippen LogP contribution in [-0.4, -0.2) is 18.6 Å². The van der Waals surface area contributed by atoms with Gasteiger partial charge in [0.05, 0.1) is 0 Å². The van der Waals surface area contributed by atoms with E-state index in [4.69, 9.17) is 0 Å². The summed E-state index contributed by atoms with van der Waals surface area (Å²) in [5.41, 5.74) is 3.90. The van der Waals surface area contributed by atoms with Crippen LogP contribution >= 0.6 is 0 Å². The summed E-state index contributed by atoms with van der Waals surface area (Å²) in [6.45, 7) is 4.92. The third kappa shape index (κ3) is 4.27. The summed E-state index contributed by atoms with van der Waals surface area (Å²) < 4.78 is 0. The van der Waals surface area contributed by atoms with E-state index in [0.717, 1.165) is 19.3 Å². The van der Waals surface area contributed by atoms with E-state index in [-0.39, 0.29) is 6.03 Å². The molecule has 2 amide bonds. The summed E-state index contributed by atoms with van der Waals surface area (Å²) >= 11 is 0. The van der Waals surface area contributed by atoms with Gasteiger partial charge >= 0.3 is 6.03 Å². The van der Waals surface area contributed by atoms with Gasteiger partial charge in [0.2, 0.25) is 0 Å². The van der Waals surface area contributed by atoms with E-state index in [0.29, 0.717) is 12.6 Å². The predicted molar refractivity (Wildman–Crippen MR) is 78.4 cm³/mol. The molecule has 1 aliphatic rings. The smallest absolute Gasteiger partial charge is 0.315 e. The molecule has 1 fully saturated rings. The second kappa shape index (κ2) is 6.60. The van der Waals surface area contributed by atoms with Gasteiger partial charge in [0.25, 0.3) is 0 Å². The maximum atomic E-state index is 11.7. The molecule has 0 unspecified atom stereocenters. The first-order chi connectivity index (χ1) is 9.15. The number of rotatable bonds is 4. The molecule has 0 aromatic heterocycles. The van der Waals surface area contributed by atoms with E-state index in [1.54, 1.807) is 0 Å². The molecule has 0 aliphatic heterocycles. The van der Waals surface area contributed by atoms with E-state index in [1.165, 1.54) is 29.5 Å². The average Bonchev–Trinajstić information content (AvgIpc) is 2.84. The minimum atomic E-state index is -0.0170. The lowest BCUT2D eigenvalue weighted by molar-refractivity contribution is 0.237. The number of carbonyl (C=O) groups excluding carboxylic acids is 1. The highest BCUT2D eigenvalue weighted by Gasteiger charge is 2.16. The van der Waals surface area contributed by atoms with Gasteiger partial charge in [-0.15, -0.1) is 0 Å². The number of urea groups is 1. The van der Waals surface area contributed by atoms with Gasteiger partial charge in [-0.1, -0.05) is 36.6 Å². The molecule has 3 nitrogen and oxygen atoms in total. The second-order valence-electron chi connectivity index (χ2n) is 5.56. The average molecular weight is 260 g/mol. The Hall–Kier alpha value is -1.51. The zero-order valence-corrected chi connectivity index (χ0v) is 12.0. The molecule has 1 aromatic carbocycles. The van der Waals surface area contributed by atoms with Crippen molar-refractivity contribution in [2.45, 2.75) is 52.0 Å². The topological polar surface area (TPSA) is 41.1 Å². The Balaban J connectivity index is 1.72. The van der Waals surface area contributed by atoms with Crippen molar-refractivity contribution in [1.29, 1.82) is 0 Å². The Morgan fingerprint density at radius 3 is 2.68 bits per heavy atom. The van der Waals surface area contributed by atoms with Gasteiger partial charge in [-0.05, 0) is 44.2 Å². The maximum absolute atomic E-state index is 11.7. The summed E-state index contributed by atoms with van der Waals surface area (Å²) in [7, 11) is 0. The number of carbonyl (C=O) groups is 1. The predicted octanol–water partition coefficient (Wildman–Crippen LogP) is 3.09. The third-order valence-electron chi connectivity index (χ3n) is 3.87. The summed E-state index contributed by atoms with van der Waals surface area (Å²) in [6.07, 6.45) is 5.64. The molecule has 0 heterocycles. The van der Waals surface area contributed by atoms with E-state index >= 15 is 0 Å².